The van der Waals surface area contributed by atoms with Crippen LogP contribution >= 0.6 is 34.5 Å². The first-order valence-corrected chi connectivity index (χ1v) is 7.56. The minimum atomic E-state index is -0.119. The van der Waals surface area contributed by atoms with E-state index in [1.807, 2.05) is 12.3 Å². The zero-order valence-corrected chi connectivity index (χ0v) is 13.4. The lowest BCUT2D eigenvalue weighted by Gasteiger charge is -2.18. The molecule has 106 valence electrons. The maximum atomic E-state index is 12.4. The lowest BCUT2D eigenvalue weighted by molar-refractivity contribution is 0.0790. The number of aryl methyl sites for hydroxylation is 1. The van der Waals surface area contributed by atoms with Crippen molar-refractivity contribution in [2.24, 2.45) is 0 Å². The fourth-order valence-electron chi connectivity index (χ4n) is 1.79. The van der Waals surface area contributed by atoms with E-state index in [4.69, 9.17) is 28.9 Å². The van der Waals surface area contributed by atoms with Crippen molar-refractivity contribution >= 4 is 46.1 Å². The summed E-state index contributed by atoms with van der Waals surface area (Å²) < 4.78 is 0. The van der Waals surface area contributed by atoms with Crippen molar-refractivity contribution in [3.8, 4) is 0 Å². The number of thiophene rings is 1. The SMILES string of the molecule is Cc1csc(C(=O)N(C)Cc2cc(N)ccc2Cl)c1Cl. The van der Waals surface area contributed by atoms with Crippen LogP contribution in [0.4, 0.5) is 5.69 Å². The van der Waals surface area contributed by atoms with Crippen LogP contribution in [0.15, 0.2) is 23.6 Å². The Kier molecular flexibility index (Phi) is 4.58. The predicted molar refractivity (Wildman–Crippen MR) is 85.7 cm³/mol. The number of carbonyl (C=O) groups excluding carboxylic acids is 1. The molecule has 3 nitrogen and oxygen atoms in total. The van der Waals surface area contributed by atoms with Crippen LogP contribution in [0, 0.1) is 6.92 Å². The first-order chi connectivity index (χ1) is 9.40. The van der Waals surface area contributed by atoms with Crippen molar-refractivity contribution in [1.82, 2.24) is 4.90 Å². The Balaban J connectivity index is 2.20. The number of halogens is 2. The lowest BCUT2D eigenvalue weighted by Crippen LogP contribution is -2.25. The summed E-state index contributed by atoms with van der Waals surface area (Å²) in [5, 5.41) is 2.98. The molecule has 0 spiro atoms. The third-order valence-corrected chi connectivity index (χ3v) is 4.97. The first-order valence-electron chi connectivity index (χ1n) is 5.93. The summed E-state index contributed by atoms with van der Waals surface area (Å²) in [6.45, 7) is 2.26. The molecule has 0 bridgehead atoms. The van der Waals surface area contributed by atoms with Crippen LogP contribution in [0.2, 0.25) is 10.0 Å². The zero-order valence-electron chi connectivity index (χ0n) is 11.1. The number of carbonyl (C=O) groups is 1. The summed E-state index contributed by atoms with van der Waals surface area (Å²) in [6.07, 6.45) is 0. The second-order valence-corrected chi connectivity index (χ2v) is 6.24. The van der Waals surface area contributed by atoms with Crippen molar-refractivity contribution in [3.63, 3.8) is 0 Å². The third kappa shape index (κ3) is 3.08. The van der Waals surface area contributed by atoms with Gasteiger partial charge in [0.2, 0.25) is 0 Å². The molecule has 0 aliphatic rings. The van der Waals surface area contributed by atoms with Gasteiger partial charge in [0.15, 0.2) is 0 Å². The predicted octanol–water partition coefficient (Wildman–Crippen LogP) is 4.22. The average Bonchev–Trinajstić information content (AvgIpc) is 2.73. The molecule has 2 rings (SSSR count). The Hall–Kier alpha value is -1.23. The molecule has 0 fully saturated rings. The standard InChI is InChI=1S/C14H14Cl2N2OS/c1-8-7-20-13(12(8)16)14(19)18(2)6-9-5-10(17)3-4-11(9)15/h3-5,7H,6,17H2,1-2H3. The number of anilines is 1. The molecule has 2 aromatic rings. The fraction of sp³-hybridized carbons (Fsp3) is 0.214. The van der Waals surface area contributed by atoms with Crippen molar-refractivity contribution in [2.75, 3.05) is 12.8 Å². The molecule has 0 unspecified atom stereocenters. The van der Waals surface area contributed by atoms with Crippen LogP contribution in [0.1, 0.15) is 20.8 Å². The van der Waals surface area contributed by atoms with Crippen LogP contribution in [0.25, 0.3) is 0 Å². The van der Waals surface area contributed by atoms with Crippen molar-refractivity contribution < 1.29 is 4.79 Å². The van der Waals surface area contributed by atoms with E-state index in [0.717, 1.165) is 11.1 Å². The number of hydrogen-bond acceptors (Lipinski definition) is 3. The van der Waals surface area contributed by atoms with Crippen molar-refractivity contribution in [1.29, 1.82) is 0 Å². The fourth-order valence-corrected chi connectivity index (χ4v) is 3.24. The second-order valence-electron chi connectivity index (χ2n) is 4.57. The molecule has 0 saturated carbocycles. The normalized spacial score (nSPS) is 10.6. The van der Waals surface area contributed by atoms with Crippen LogP contribution < -0.4 is 5.73 Å². The third-order valence-electron chi connectivity index (χ3n) is 2.92. The summed E-state index contributed by atoms with van der Waals surface area (Å²) in [5.74, 6) is -0.119. The highest BCUT2D eigenvalue weighted by molar-refractivity contribution is 7.13. The molecule has 0 atom stereocenters. The van der Waals surface area contributed by atoms with Gasteiger partial charge in [-0.2, -0.15) is 0 Å². The Labute approximate surface area is 131 Å². The van der Waals surface area contributed by atoms with E-state index in [-0.39, 0.29) is 5.91 Å². The number of nitrogens with zero attached hydrogens (tertiary/aromatic N) is 1. The van der Waals surface area contributed by atoms with Crippen molar-refractivity contribution in [2.45, 2.75) is 13.5 Å². The number of benzene rings is 1. The van der Waals surface area contributed by atoms with Gasteiger partial charge >= 0.3 is 0 Å². The maximum Gasteiger partial charge on any atom is 0.265 e. The van der Waals surface area contributed by atoms with Gasteiger partial charge < -0.3 is 10.6 Å². The smallest absolute Gasteiger partial charge is 0.265 e. The molecular formula is C14H14Cl2N2OS. The quantitative estimate of drug-likeness (QED) is 0.857. The molecule has 0 saturated heterocycles. The highest BCUT2D eigenvalue weighted by atomic mass is 35.5. The minimum Gasteiger partial charge on any atom is -0.399 e. The summed E-state index contributed by atoms with van der Waals surface area (Å²) >= 11 is 13.6. The number of rotatable bonds is 3. The zero-order chi connectivity index (χ0) is 14.9. The number of nitrogen functional groups attached to an aromatic ring is 1. The summed E-state index contributed by atoms with van der Waals surface area (Å²) in [7, 11) is 1.72. The molecule has 0 radical (unpaired) electrons. The molecule has 0 aliphatic carbocycles. The van der Waals surface area contributed by atoms with Gasteiger partial charge in [-0.3, -0.25) is 4.79 Å². The highest BCUT2D eigenvalue weighted by Crippen LogP contribution is 2.29. The molecule has 20 heavy (non-hydrogen) atoms. The van der Waals surface area contributed by atoms with Crippen LogP contribution in [0.3, 0.4) is 0 Å². The van der Waals surface area contributed by atoms with Gasteiger partial charge in [0.1, 0.15) is 4.88 Å². The van der Waals surface area contributed by atoms with Crippen molar-refractivity contribution in [3.05, 3.63) is 49.6 Å². The summed E-state index contributed by atoms with van der Waals surface area (Å²) in [4.78, 5) is 14.5. The van der Waals surface area contributed by atoms with E-state index >= 15 is 0 Å². The Morgan fingerprint density at radius 3 is 2.70 bits per heavy atom. The monoisotopic (exact) mass is 328 g/mol. The molecule has 1 amide bonds. The minimum absolute atomic E-state index is 0.119. The number of hydrogen-bond donors (Lipinski definition) is 1. The number of amides is 1. The van der Waals surface area contributed by atoms with Crippen LogP contribution in [-0.4, -0.2) is 17.9 Å². The summed E-state index contributed by atoms with van der Waals surface area (Å²) in [6, 6.07) is 5.23. The molecule has 1 heterocycles. The van der Waals surface area contributed by atoms with Gasteiger partial charge in [0, 0.05) is 24.3 Å². The van der Waals surface area contributed by atoms with E-state index in [2.05, 4.69) is 0 Å². The average molecular weight is 329 g/mol. The molecule has 6 heteroatoms. The van der Waals surface area contributed by atoms with E-state index in [1.54, 1.807) is 30.1 Å². The Bertz CT molecular complexity index is 655. The Morgan fingerprint density at radius 2 is 2.10 bits per heavy atom. The maximum absolute atomic E-state index is 12.4. The van der Waals surface area contributed by atoms with Crippen LogP contribution in [-0.2, 0) is 6.54 Å². The van der Waals surface area contributed by atoms with Crippen LogP contribution in [0.5, 0.6) is 0 Å². The van der Waals surface area contributed by atoms with E-state index < -0.39 is 0 Å². The lowest BCUT2D eigenvalue weighted by atomic mass is 10.2. The molecule has 1 aromatic heterocycles. The molecular weight excluding hydrogens is 315 g/mol. The number of nitrogens with two attached hydrogens (primary N) is 1. The van der Waals surface area contributed by atoms with Gasteiger partial charge in [-0.1, -0.05) is 23.2 Å². The van der Waals surface area contributed by atoms with E-state index in [1.165, 1.54) is 11.3 Å². The molecule has 0 aliphatic heterocycles. The summed E-state index contributed by atoms with van der Waals surface area (Å²) in [5.41, 5.74) is 8.08. The van der Waals surface area contributed by atoms with Gasteiger partial charge in [0.25, 0.3) is 5.91 Å². The van der Waals surface area contributed by atoms with Gasteiger partial charge in [-0.15, -0.1) is 11.3 Å². The van der Waals surface area contributed by atoms with Gasteiger partial charge in [-0.25, -0.2) is 0 Å². The van der Waals surface area contributed by atoms with E-state index in [9.17, 15) is 4.79 Å². The highest BCUT2D eigenvalue weighted by Gasteiger charge is 2.19. The molecule has 1 aromatic carbocycles. The second kappa shape index (κ2) is 6.04. The first kappa shape index (κ1) is 15.2. The van der Waals surface area contributed by atoms with E-state index in [0.29, 0.717) is 27.2 Å². The van der Waals surface area contributed by atoms with Gasteiger partial charge in [-0.05, 0) is 41.6 Å². The van der Waals surface area contributed by atoms with Gasteiger partial charge in [0.05, 0.1) is 5.02 Å². The molecule has 2 N–H and O–H groups in total. The Morgan fingerprint density at radius 1 is 1.40 bits per heavy atom. The topological polar surface area (TPSA) is 46.3 Å². The largest absolute Gasteiger partial charge is 0.399 e.